The molecule has 2 unspecified atom stereocenters. The van der Waals surface area contributed by atoms with Gasteiger partial charge in [0.25, 0.3) is 0 Å². The van der Waals surface area contributed by atoms with Crippen LogP contribution >= 0.6 is 0 Å². The molecule has 0 aromatic rings. The van der Waals surface area contributed by atoms with Crippen molar-refractivity contribution in [2.24, 2.45) is 0 Å². The summed E-state index contributed by atoms with van der Waals surface area (Å²) >= 11 is 0. The van der Waals surface area contributed by atoms with Crippen molar-refractivity contribution in [1.29, 1.82) is 0 Å². The van der Waals surface area contributed by atoms with Crippen LogP contribution in [0.2, 0.25) is 0 Å². The summed E-state index contributed by atoms with van der Waals surface area (Å²) in [5.41, 5.74) is 0. The Bertz CT molecular complexity index is 128. The summed E-state index contributed by atoms with van der Waals surface area (Å²) in [7, 11) is 0. The third-order valence-corrected chi connectivity index (χ3v) is 2.52. The first-order valence-corrected chi connectivity index (χ1v) is 5.32. The van der Waals surface area contributed by atoms with Gasteiger partial charge in [0.05, 0.1) is 12.7 Å². The Hall–Kier alpha value is -0.120. The molecular formula is C10H21NO2. The van der Waals surface area contributed by atoms with Crippen LogP contribution in [0.4, 0.5) is 0 Å². The zero-order valence-electron chi connectivity index (χ0n) is 8.46. The van der Waals surface area contributed by atoms with E-state index in [4.69, 9.17) is 9.84 Å². The van der Waals surface area contributed by atoms with Crippen LogP contribution in [0.1, 0.15) is 32.6 Å². The second kappa shape index (κ2) is 6.35. The summed E-state index contributed by atoms with van der Waals surface area (Å²) in [6.07, 6.45) is 4.98. The highest BCUT2D eigenvalue weighted by atomic mass is 16.5. The van der Waals surface area contributed by atoms with Crippen molar-refractivity contribution in [3.8, 4) is 0 Å². The molecule has 0 amide bonds. The Labute approximate surface area is 80.5 Å². The van der Waals surface area contributed by atoms with Crippen LogP contribution in [0.3, 0.4) is 0 Å². The second-order valence-electron chi connectivity index (χ2n) is 3.68. The Morgan fingerprint density at radius 1 is 1.54 bits per heavy atom. The number of hydrogen-bond donors (Lipinski definition) is 2. The SMILES string of the molecule is CCCC1CC(NCCO)CCO1. The van der Waals surface area contributed by atoms with E-state index in [0.29, 0.717) is 18.7 Å². The van der Waals surface area contributed by atoms with Crippen LogP contribution in [-0.2, 0) is 4.74 Å². The Morgan fingerprint density at radius 3 is 3.08 bits per heavy atom. The second-order valence-corrected chi connectivity index (χ2v) is 3.68. The first-order valence-electron chi connectivity index (χ1n) is 5.32. The number of aliphatic hydroxyl groups excluding tert-OH is 1. The molecule has 1 aliphatic heterocycles. The fraction of sp³-hybridized carbons (Fsp3) is 1.00. The summed E-state index contributed by atoms with van der Waals surface area (Å²) in [5, 5.41) is 12.0. The van der Waals surface area contributed by atoms with Crippen molar-refractivity contribution in [3.63, 3.8) is 0 Å². The lowest BCUT2D eigenvalue weighted by Crippen LogP contribution is -2.40. The molecule has 0 saturated carbocycles. The van der Waals surface area contributed by atoms with E-state index in [1.807, 2.05) is 0 Å². The molecule has 78 valence electrons. The van der Waals surface area contributed by atoms with E-state index in [1.165, 1.54) is 6.42 Å². The van der Waals surface area contributed by atoms with Gasteiger partial charge in [-0.1, -0.05) is 13.3 Å². The molecule has 1 fully saturated rings. The number of rotatable bonds is 5. The predicted octanol–water partition coefficient (Wildman–Crippen LogP) is 0.916. The molecule has 2 N–H and O–H groups in total. The third kappa shape index (κ3) is 4.07. The van der Waals surface area contributed by atoms with Crippen LogP contribution in [-0.4, -0.2) is 37.0 Å². The minimum atomic E-state index is 0.232. The normalized spacial score (nSPS) is 29.1. The molecule has 2 atom stereocenters. The molecule has 0 aromatic carbocycles. The van der Waals surface area contributed by atoms with Crippen molar-refractivity contribution >= 4 is 0 Å². The topological polar surface area (TPSA) is 41.5 Å². The lowest BCUT2D eigenvalue weighted by atomic mass is 10.0. The van der Waals surface area contributed by atoms with Crippen LogP contribution in [0.25, 0.3) is 0 Å². The molecule has 3 heteroatoms. The molecule has 3 nitrogen and oxygen atoms in total. The van der Waals surface area contributed by atoms with E-state index in [-0.39, 0.29) is 6.61 Å². The largest absolute Gasteiger partial charge is 0.395 e. The maximum atomic E-state index is 8.67. The first kappa shape index (κ1) is 11.0. The van der Waals surface area contributed by atoms with Gasteiger partial charge < -0.3 is 15.2 Å². The summed E-state index contributed by atoms with van der Waals surface area (Å²) in [5.74, 6) is 0. The number of nitrogens with one attached hydrogen (secondary N) is 1. The van der Waals surface area contributed by atoms with E-state index in [0.717, 1.165) is 25.9 Å². The van der Waals surface area contributed by atoms with Crippen molar-refractivity contribution in [2.75, 3.05) is 19.8 Å². The van der Waals surface area contributed by atoms with E-state index in [1.54, 1.807) is 0 Å². The fourth-order valence-electron chi connectivity index (χ4n) is 1.86. The van der Waals surface area contributed by atoms with Crippen molar-refractivity contribution in [1.82, 2.24) is 5.32 Å². The monoisotopic (exact) mass is 187 g/mol. The maximum absolute atomic E-state index is 8.67. The molecule has 0 aliphatic carbocycles. The third-order valence-electron chi connectivity index (χ3n) is 2.52. The Balaban J connectivity index is 2.16. The summed E-state index contributed by atoms with van der Waals surface area (Å²) < 4.78 is 5.63. The van der Waals surface area contributed by atoms with Crippen molar-refractivity contribution in [2.45, 2.75) is 44.8 Å². The van der Waals surface area contributed by atoms with E-state index >= 15 is 0 Å². The van der Waals surface area contributed by atoms with Gasteiger partial charge >= 0.3 is 0 Å². The van der Waals surface area contributed by atoms with Gasteiger partial charge in [-0.25, -0.2) is 0 Å². The zero-order valence-corrected chi connectivity index (χ0v) is 8.46. The van der Waals surface area contributed by atoms with Crippen LogP contribution in [0, 0.1) is 0 Å². The van der Waals surface area contributed by atoms with E-state index in [9.17, 15) is 0 Å². The number of ether oxygens (including phenoxy) is 1. The molecule has 0 aromatic heterocycles. The molecule has 0 spiro atoms. The average molecular weight is 187 g/mol. The minimum Gasteiger partial charge on any atom is -0.395 e. The molecular weight excluding hydrogens is 166 g/mol. The highest BCUT2D eigenvalue weighted by Gasteiger charge is 2.20. The van der Waals surface area contributed by atoms with Gasteiger partial charge in [-0.3, -0.25) is 0 Å². The quantitative estimate of drug-likeness (QED) is 0.672. The zero-order chi connectivity index (χ0) is 9.52. The molecule has 1 rings (SSSR count). The van der Waals surface area contributed by atoms with E-state index < -0.39 is 0 Å². The lowest BCUT2D eigenvalue weighted by Gasteiger charge is -2.30. The summed E-state index contributed by atoms with van der Waals surface area (Å²) in [4.78, 5) is 0. The van der Waals surface area contributed by atoms with Gasteiger partial charge in [0, 0.05) is 19.2 Å². The first-order chi connectivity index (χ1) is 6.36. The molecule has 0 bridgehead atoms. The average Bonchev–Trinajstić information content (AvgIpc) is 2.16. The van der Waals surface area contributed by atoms with E-state index in [2.05, 4.69) is 12.2 Å². The highest BCUT2D eigenvalue weighted by molar-refractivity contribution is 4.76. The minimum absolute atomic E-state index is 0.232. The standard InChI is InChI=1S/C10H21NO2/c1-2-3-10-8-9(4-7-13-10)11-5-6-12/h9-12H,2-8H2,1H3. The lowest BCUT2D eigenvalue weighted by molar-refractivity contribution is -0.00365. The van der Waals surface area contributed by atoms with Gasteiger partial charge in [-0.05, 0) is 19.3 Å². The number of hydrogen-bond acceptors (Lipinski definition) is 3. The summed E-state index contributed by atoms with van der Waals surface area (Å²) in [6, 6.07) is 0.553. The van der Waals surface area contributed by atoms with Gasteiger partial charge in [0.15, 0.2) is 0 Å². The Kier molecular flexibility index (Phi) is 5.35. The van der Waals surface area contributed by atoms with Crippen LogP contribution in [0.15, 0.2) is 0 Å². The molecule has 0 radical (unpaired) electrons. The fourth-order valence-corrected chi connectivity index (χ4v) is 1.86. The molecule has 1 aliphatic rings. The number of aliphatic hydroxyl groups is 1. The van der Waals surface area contributed by atoms with Gasteiger partial charge in [-0.2, -0.15) is 0 Å². The smallest absolute Gasteiger partial charge is 0.0589 e. The van der Waals surface area contributed by atoms with Gasteiger partial charge in [0.1, 0.15) is 0 Å². The van der Waals surface area contributed by atoms with Gasteiger partial charge in [-0.15, -0.1) is 0 Å². The molecule has 13 heavy (non-hydrogen) atoms. The predicted molar refractivity (Wildman–Crippen MR) is 52.8 cm³/mol. The van der Waals surface area contributed by atoms with Gasteiger partial charge in [0.2, 0.25) is 0 Å². The molecule has 1 saturated heterocycles. The summed E-state index contributed by atoms with van der Waals surface area (Å²) in [6.45, 7) is 4.00. The van der Waals surface area contributed by atoms with Crippen molar-refractivity contribution < 1.29 is 9.84 Å². The van der Waals surface area contributed by atoms with Crippen LogP contribution in [0.5, 0.6) is 0 Å². The Morgan fingerprint density at radius 2 is 2.38 bits per heavy atom. The molecule has 1 heterocycles. The maximum Gasteiger partial charge on any atom is 0.0589 e. The van der Waals surface area contributed by atoms with Crippen LogP contribution < -0.4 is 5.32 Å². The highest BCUT2D eigenvalue weighted by Crippen LogP contribution is 2.17. The van der Waals surface area contributed by atoms with Crippen molar-refractivity contribution in [3.05, 3.63) is 0 Å².